The molecule has 0 atom stereocenters. The van der Waals surface area contributed by atoms with Crippen molar-refractivity contribution in [2.24, 2.45) is 0 Å². The molecule has 1 heterocycles. The molecule has 0 saturated carbocycles. The van der Waals surface area contributed by atoms with Crippen LogP contribution in [-0.2, 0) is 11.2 Å². The van der Waals surface area contributed by atoms with Crippen molar-refractivity contribution < 1.29 is 9.53 Å². The molecular formula is C19H19N3O2. The Hall–Kier alpha value is -3.00. The first-order valence-electron chi connectivity index (χ1n) is 7.68. The SMILES string of the molecule is C=C(/C=C\C)c1nc2ccc(C(=O)OC)cc2nc1CCCC#N. The summed E-state index contributed by atoms with van der Waals surface area (Å²) in [7, 11) is 1.34. The molecule has 0 spiro atoms. The van der Waals surface area contributed by atoms with Gasteiger partial charge in [-0.1, -0.05) is 18.7 Å². The molecule has 0 radical (unpaired) electrons. The average molecular weight is 321 g/mol. The fourth-order valence-electron chi connectivity index (χ4n) is 2.38. The van der Waals surface area contributed by atoms with Gasteiger partial charge < -0.3 is 4.74 Å². The Labute approximate surface area is 141 Å². The van der Waals surface area contributed by atoms with E-state index in [-0.39, 0.29) is 0 Å². The van der Waals surface area contributed by atoms with Gasteiger partial charge in [0.25, 0.3) is 0 Å². The second kappa shape index (κ2) is 8.02. The summed E-state index contributed by atoms with van der Waals surface area (Å²) in [5.41, 5.74) is 4.03. The fraction of sp³-hybridized carbons (Fsp3) is 0.263. The summed E-state index contributed by atoms with van der Waals surface area (Å²) >= 11 is 0. The van der Waals surface area contributed by atoms with Gasteiger partial charge in [-0.25, -0.2) is 14.8 Å². The second-order valence-electron chi connectivity index (χ2n) is 5.25. The number of ether oxygens (including phenoxy) is 1. The third-order valence-corrected chi connectivity index (χ3v) is 3.53. The molecule has 0 saturated heterocycles. The lowest BCUT2D eigenvalue weighted by Gasteiger charge is -2.10. The van der Waals surface area contributed by atoms with Crippen molar-refractivity contribution in [2.45, 2.75) is 26.2 Å². The van der Waals surface area contributed by atoms with E-state index in [1.165, 1.54) is 7.11 Å². The zero-order valence-corrected chi connectivity index (χ0v) is 13.9. The lowest BCUT2D eigenvalue weighted by atomic mass is 10.1. The molecule has 2 rings (SSSR count). The standard InChI is InChI=1S/C19H19N3O2/c1-4-7-13(2)18-16(8-5-6-11-20)21-17-12-14(19(23)24-3)9-10-15(17)22-18/h4,7,9-10,12H,2,5-6,8H2,1,3H3/b7-4-. The summed E-state index contributed by atoms with van der Waals surface area (Å²) < 4.78 is 4.74. The molecule has 0 N–H and O–H groups in total. The molecule has 1 aromatic heterocycles. The van der Waals surface area contributed by atoms with Crippen molar-refractivity contribution in [3.05, 3.63) is 53.9 Å². The number of allylic oxidation sites excluding steroid dienone is 3. The van der Waals surface area contributed by atoms with E-state index in [0.29, 0.717) is 35.9 Å². The molecule has 0 bridgehead atoms. The molecule has 0 aliphatic rings. The summed E-state index contributed by atoms with van der Waals surface area (Å²) in [4.78, 5) is 21.0. The number of nitriles is 1. The smallest absolute Gasteiger partial charge is 0.337 e. The van der Waals surface area contributed by atoms with Gasteiger partial charge in [0.05, 0.1) is 41.2 Å². The Morgan fingerprint density at radius 1 is 1.38 bits per heavy atom. The van der Waals surface area contributed by atoms with E-state index in [2.05, 4.69) is 22.6 Å². The average Bonchev–Trinajstić information content (AvgIpc) is 2.60. The molecule has 0 unspecified atom stereocenters. The van der Waals surface area contributed by atoms with Gasteiger partial charge in [0.15, 0.2) is 0 Å². The lowest BCUT2D eigenvalue weighted by molar-refractivity contribution is 0.0601. The van der Waals surface area contributed by atoms with Crippen LogP contribution in [0.1, 0.15) is 41.5 Å². The van der Waals surface area contributed by atoms with E-state index in [1.807, 2.05) is 19.1 Å². The second-order valence-corrected chi connectivity index (χ2v) is 5.25. The molecule has 0 fully saturated rings. The highest BCUT2D eigenvalue weighted by Crippen LogP contribution is 2.22. The maximum Gasteiger partial charge on any atom is 0.337 e. The minimum absolute atomic E-state index is 0.410. The molecule has 2 aromatic rings. The minimum Gasteiger partial charge on any atom is -0.465 e. The number of hydrogen-bond acceptors (Lipinski definition) is 5. The first-order chi connectivity index (χ1) is 11.6. The van der Waals surface area contributed by atoms with Crippen LogP contribution in [0.2, 0.25) is 0 Å². The normalized spacial score (nSPS) is 10.7. The Balaban J connectivity index is 2.54. The van der Waals surface area contributed by atoms with Gasteiger partial charge in [0.2, 0.25) is 0 Å². The summed E-state index contributed by atoms with van der Waals surface area (Å²) in [5.74, 6) is -0.410. The number of carbonyl (C=O) groups excluding carboxylic acids is 1. The molecule has 122 valence electrons. The molecule has 0 aliphatic heterocycles. The van der Waals surface area contributed by atoms with Crippen LogP contribution in [0.3, 0.4) is 0 Å². The van der Waals surface area contributed by atoms with Crippen molar-refractivity contribution in [1.29, 1.82) is 5.26 Å². The maximum atomic E-state index is 11.7. The first kappa shape index (κ1) is 17.4. The Morgan fingerprint density at radius 3 is 2.83 bits per heavy atom. The molecule has 24 heavy (non-hydrogen) atoms. The van der Waals surface area contributed by atoms with Crippen LogP contribution in [0.5, 0.6) is 0 Å². The Morgan fingerprint density at radius 2 is 2.17 bits per heavy atom. The van der Waals surface area contributed by atoms with Crippen LogP contribution in [0.25, 0.3) is 16.6 Å². The minimum atomic E-state index is -0.410. The summed E-state index contributed by atoms with van der Waals surface area (Å²) in [6, 6.07) is 7.22. The highest BCUT2D eigenvalue weighted by molar-refractivity contribution is 5.93. The molecule has 5 nitrogen and oxygen atoms in total. The number of carbonyl (C=O) groups is 1. The predicted molar refractivity (Wildman–Crippen MR) is 93.3 cm³/mol. The van der Waals surface area contributed by atoms with Gasteiger partial charge >= 0.3 is 5.97 Å². The Kier molecular flexibility index (Phi) is 5.80. The van der Waals surface area contributed by atoms with Gasteiger partial charge in [-0.2, -0.15) is 5.26 Å². The topological polar surface area (TPSA) is 75.9 Å². The van der Waals surface area contributed by atoms with Gasteiger partial charge in [0, 0.05) is 6.42 Å². The Bertz CT molecular complexity index is 848. The number of rotatable bonds is 6. The number of esters is 1. The van der Waals surface area contributed by atoms with Crippen molar-refractivity contribution in [3.8, 4) is 6.07 Å². The number of aryl methyl sites for hydroxylation is 1. The van der Waals surface area contributed by atoms with Crippen LogP contribution in [0.4, 0.5) is 0 Å². The maximum absolute atomic E-state index is 11.7. The monoisotopic (exact) mass is 321 g/mol. The molecule has 5 heteroatoms. The highest BCUT2D eigenvalue weighted by Gasteiger charge is 2.13. The van der Waals surface area contributed by atoms with Gasteiger partial charge in [0.1, 0.15) is 0 Å². The van der Waals surface area contributed by atoms with Crippen LogP contribution < -0.4 is 0 Å². The predicted octanol–water partition coefficient (Wildman–Crippen LogP) is 3.85. The van der Waals surface area contributed by atoms with Crippen molar-refractivity contribution in [2.75, 3.05) is 7.11 Å². The summed E-state index contributed by atoms with van der Waals surface area (Å²) in [5, 5.41) is 8.74. The highest BCUT2D eigenvalue weighted by atomic mass is 16.5. The number of nitrogens with zero attached hydrogens (tertiary/aromatic N) is 3. The van der Waals surface area contributed by atoms with E-state index in [9.17, 15) is 4.79 Å². The van der Waals surface area contributed by atoms with Crippen molar-refractivity contribution in [1.82, 2.24) is 9.97 Å². The van der Waals surface area contributed by atoms with Gasteiger partial charge in [-0.05, 0) is 43.5 Å². The summed E-state index contributed by atoms with van der Waals surface area (Å²) in [6.07, 6.45) is 5.56. The van der Waals surface area contributed by atoms with E-state index in [4.69, 9.17) is 10.00 Å². The number of fused-ring (bicyclic) bond motifs is 1. The van der Waals surface area contributed by atoms with Crippen LogP contribution in [-0.4, -0.2) is 23.0 Å². The lowest BCUT2D eigenvalue weighted by Crippen LogP contribution is -2.04. The quantitative estimate of drug-likeness (QED) is 0.459. The number of unbranched alkanes of at least 4 members (excludes halogenated alkanes) is 1. The zero-order chi connectivity index (χ0) is 17.5. The largest absolute Gasteiger partial charge is 0.465 e. The third-order valence-electron chi connectivity index (χ3n) is 3.53. The van der Waals surface area contributed by atoms with Gasteiger partial charge in [-0.15, -0.1) is 0 Å². The molecule has 0 amide bonds. The van der Waals surface area contributed by atoms with Crippen LogP contribution >= 0.6 is 0 Å². The van der Waals surface area contributed by atoms with Crippen LogP contribution in [0, 0.1) is 11.3 Å². The van der Waals surface area contributed by atoms with E-state index in [0.717, 1.165) is 17.0 Å². The zero-order valence-electron chi connectivity index (χ0n) is 13.9. The van der Waals surface area contributed by atoms with E-state index < -0.39 is 5.97 Å². The third kappa shape index (κ3) is 3.85. The van der Waals surface area contributed by atoms with Crippen LogP contribution in [0.15, 0.2) is 36.9 Å². The molecule has 1 aromatic carbocycles. The number of benzene rings is 1. The van der Waals surface area contributed by atoms with E-state index in [1.54, 1.807) is 18.2 Å². The molecular weight excluding hydrogens is 302 g/mol. The summed E-state index contributed by atoms with van der Waals surface area (Å²) in [6.45, 7) is 5.96. The van der Waals surface area contributed by atoms with Crippen molar-refractivity contribution >= 4 is 22.6 Å². The number of methoxy groups -OCH3 is 1. The first-order valence-corrected chi connectivity index (χ1v) is 7.68. The molecule has 0 aliphatic carbocycles. The number of hydrogen-bond donors (Lipinski definition) is 0. The van der Waals surface area contributed by atoms with E-state index >= 15 is 0 Å². The fourth-order valence-corrected chi connectivity index (χ4v) is 2.38. The number of aromatic nitrogens is 2. The van der Waals surface area contributed by atoms with Crippen molar-refractivity contribution in [3.63, 3.8) is 0 Å². The van der Waals surface area contributed by atoms with Gasteiger partial charge in [-0.3, -0.25) is 0 Å².